The van der Waals surface area contributed by atoms with Crippen molar-refractivity contribution >= 4 is 29.6 Å². The van der Waals surface area contributed by atoms with Gasteiger partial charge in [-0.25, -0.2) is 4.79 Å². The Kier molecular flexibility index (Phi) is 8.84. The molecule has 1 saturated heterocycles. The molecule has 32 heavy (non-hydrogen) atoms. The Morgan fingerprint density at radius 1 is 1.41 bits per heavy atom. The summed E-state index contributed by atoms with van der Waals surface area (Å²) in [7, 11) is 0. The number of rotatable bonds is 8. The van der Waals surface area contributed by atoms with E-state index >= 15 is 0 Å². The fraction of sp³-hybridized carbons (Fsp3) is 0.722. The first kappa shape index (κ1) is 26.7. The van der Waals surface area contributed by atoms with E-state index in [1.165, 1.54) is 29.7 Å². The topological polar surface area (TPSA) is 112 Å². The van der Waals surface area contributed by atoms with E-state index in [1.807, 2.05) is 20.8 Å². The van der Waals surface area contributed by atoms with Crippen LogP contribution in [-0.2, 0) is 18.5 Å². The smallest absolute Gasteiger partial charge is 0.354 e. The molecule has 4 atom stereocenters. The molecule has 9 nitrogen and oxygen atoms in total. The number of alkyl halides is 4. The Labute approximate surface area is 191 Å². The van der Waals surface area contributed by atoms with Crippen LogP contribution in [0.25, 0.3) is 0 Å². The van der Waals surface area contributed by atoms with Crippen LogP contribution in [0.1, 0.15) is 39.0 Å². The number of amides is 1. The van der Waals surface area contributed by atoms with Crippen LogP contribution >= 0.6 is 23.6 Å². The summed E-state index contributed by atoms with van der Waals surface area (Å²) in [5.41, 5.74) is -2.21. The average molecular weight is 504 g/mol. The number of aromatic amines is 1. The van der Waals surface area contributed by atoms with Crippen molar-refractivity contribution in [2.75, 3.05) is 13.2 Å². The highest BCUT2D eigenvalue weighted by molar-refractivity contribution is 7.96. The zero-order valence-electron chi connectivity index (χ0n) is 17.8. The van der Waals surface area contributed by atoms with Gasteiger partial charge in [0.15, 0.2) is 0 Å². The SMILES string of the molecule is Cc1cn([C@H]2CC(OC(Cl)CNC(=O)C(F)(F)F)[C@@H](COSC(C)(C)C)O2)c(=O)[nH]c1=O. The van der Waals surface area contributed by atoms with Gasteiger partial charge in [0.2, 0.25) is 0 Å². The number of aromatic nitrogens is 2. The van der Waals surface area contributed by atoms with Crippen LogP contribution in [0.4, 0.5) is 13.2 Å². The van der Waals surface area contributed by atoms with Crippen molar-refractivity contribution < 1.29 is 31.6 Å². The molecule has 1 aliphatic heterocycles. The standard InChI is InChI=1S/C18H25ClF3N3O6S/c1-9-7-25(16(28)24-14(9)26)13-5-10(11(31-13)8-29-32-17(2,3)4)30-12(19)6-23-15(27)18(20,21)22/h7,10-13H,5-6,8H2,1-4H3,(H,23,27)(H,24,26,28)/t10?,11-,12?,13-/m1/s1. The van der Waals surface area contributed by atoms with E-state index in [2.05, 4.69) is 4.98 Å². The average Bonchev–Trinajstić information content (AvgIpc) is 3.03. The Morgan fingerprint density at radius 2 is 2.06 bits per heavy atom. The van der Waals surface area contributed by atoms with E-state index < -0.39 is 53.9 Å². The maximum Gasteiger partial charge on any atom is 0.471 e. The molecule has 2 N–H and O–H groups in total. The maximum absolute atomic E-state index is 12.3. The third kappa shape index (κ3) is 7.80. The molecular weight excluding hydrogens is 479 g/mol. The van der Waals surface area contributed by atoms with Crippen LogP contribution in [0.3, 0.4) is 0 Å². The van der Waals surface area contributed by atoms with Crippen LogP contribution < -0.4 is 16.6 Å². The molecule has 0 radical (unpaired) electrons. The Bertz CT molecular complexity index is 917. The fourth-order valence-corrected chi connectivity index (χ4v) is 3.52. The van der Waals surface area contributed by atoms with Gasteiger partial charge in [-0.1, -0.05) is 11.6 Å². The minimum absolute atomic E-state index is 0.0404. The van der Waals surface area contributed by atoms with Gasteiger partial charge in [-0.05, 0) is 39.7 Å². The van der Waals surface area contributed by atoms with Gasteiger partial charge < -0.3 is 19.0 Å². The van der Waals surface area contributed by atoms with Crippen LogP contribution in [-0.4, -0.2) is 57.3 Å². The molecule has 1 fully saturated rings. The molecule has 1 aliphatic rings. The molecule has 0 aliphatic carbocycles. The maximum atomic E-state index is 12.3. The number of H-pyrrole nitrogens is 1. The molecular formula is C18H25ClF3N3O6S. The van der Waals surface area contributed by atoms with Crippen molar-refractivity contribution in [1.29, 1.82) is 0 Å². The van der Waals surface area contributed by atoms with E-state index in [4.69, 9.17) is 25.3 Å². The van der Waals surface area contributed by atoms with Crippen LogP contribution in [0, 0.1) is 6.92 Å². The summed E-state index contributed by atoms with van der Waals surface area (Å²) in [5.74, 6) is -2.14. The summed E-state index contributed by atoms with van der Waals surface area (Å²) >= 11 is 7.17. The third-order valence-corrected chi connectivity index (χ3v) is 5.19. The van der Waals surface area contributed by atoms with Crippen molar-refractivity contribution in [1.82, 2.24) is 14.9 Å². The number of hydrogen-bond acceptors (Lipinski definition) is 7. The van der Waals surface area contributed by atoms with Gasteiger partial charge >= 0.3 is 17.8 Å². The zero-order chi connectivity index (χ0) is 24.3. The van der Waals surface area contributed by atoms with Crippen LogP contribution in [0.5, 0.6) is 0 Å². The molecule has 2 rings (SSSR count). The molecule has 0 bridgehead atoms. The molecule has 0 saturated carbocycles. The number of carbonyl (C=O) groups is 1. The molecule has 14 heteroatoms. The Hall–Kier alpha value is -1.54. The lowest BCUT2D eigenvalue weighted by molar-refractivity contribution is -0.174. The second-order valence-electron chi connectivity index (χ2n) is 8.12. The highest BCUT2D eigenvalue weighted by Crippen LogP contribution is 2.33. The molecule has 0 aromatic carbocycles. The predicted molar refractivity (Wildman–Crippen MR) is 111 cm³/mol. The van der Waals surface area contributed by atoms with Gasteiger partial charge in [0.05, 0.1) is 19.3 Å². The number of halogens is 4. The van der Waals surface area contributed by atoms with Gasteiger partial charge in [0.25, 0.3) is 5.56 Å². The molecule has 1 amide bonds. The summed E-state index contributed by atoms with van der Waals surface area (Å²) in [6.07, 6.45) is -5.89. The number of carbonyl (C=O) groups excluding carboxylic acids is 1. The van der Waals surface area contributed by atoms with Crippen molar-refractivity contribution in [3.8, 4) is 0 Å². The minimum Gasteiger partial charge on any atom is -0.354 e. The highest BCUT2D eigenvalue weighted by Gasteiger charge is 2.41. The summed E-state index contributed by atoms with van der Waals surface area (Å²) < 4.78 is 55.1. The predicted octanol–water partition coefficient (Wildman–Crippen LogP) is 2.22. The largest absolute Gasteiger partial charge is 0.471 e. The van der Waals surface area contributed by atoms with Crippen LogP contribution in [0.15, 0.2) is 15.8 Å². The lowest BCUT2D eigenvalue weighted by Crippen LogP contribution is -2.41. The van der Waals surface area contributed by atoms with Crippen LogP contribution in [0.2, 0.25) is 0 Å². The lowest BCUT2D eigenvalue weighted by Gasteiger charge is -2.23. The number of nitrogens with zero attached hydrogens (tertiary/aromatic N) is 1. The fourth-order valence-electron chi connectivity index (χ4n) is 2.75. The van der Waals surface area contributed by atoms with Gasteiger partial charge in [-0.15, -0.1) is 0 Å². The molecule has 1 aromatic heterocycles. The highest BCUT2D eigenvalue weighted by atomic mass is 35.5. The summed E-state index contributed by atoms with van der Waals surface area (Å²) in [6, 6.07) is 0. The van der Waals surface area contributed by atoms with Crippen molar-refractivity contribution in [2.45, 2.75) is 69.0 Å². The molecule has 0 spiro atoms. The number of ether oxygens (including phenoxy) is 2. The zero-order valence-corrected chi connectivity index (χ0v) is 19.4. The van der Waals surface area contributed by atoms with Crippen molar-refractivity contribution in [3.63, 3.8) is 0 Å². The van der Waals surface area contributed by atoms with E-state index in [0.717, 1.165) is 0 Å². The number of aryl methyl sites for hydroxylation is 1. The molecule has 2 unspecified atom stereocenters. The summed E-state index contributed by atoms with van der Waals surface area (Å²) in [5, 5.41) is 1.65. The van der Waals surface area contributed by atoms with Gasteiger partial charge in [-0.2, -0.15) is 13.2 Å². The number of hydrogen-bond donors (Lipinski definition) is 2. The summed E-state index contributed by atoms with van der Waals surface area (Å²) in [6.45, 7) is 6.78. The van der Waals surface area contributed by atoms with Gasteiger partial charge in [0.1, 0.15) is 17.9 Å². The second-order valence-corrected chi connectivity index (χ2v) is 10.2. The number of nitrogens with one attached hydrogen (secondary N) is 2. The first-order chi connectivity index (χ1) is 14.7. The molecule has 2 heterocycles. The van der Waals surface area contributed by atoms with E-state index in [0.29, 0.717) is 5.56 Å². The Balaban J connectivity index is 2.10. The van der Waals surface area contributed by atoms with Crippen molar-refractivity contribution in [2.24, 2.45) is 0 Å². The first-order valence-electron chi connectivity index (χ1n) is 9.60. The third-order valence-electron chi connectivity index (χ3n) is 4.18. The van der Waals surface area contributed by atoms with E-state index in [-0.39, 0.29) is 17.8 Å². The van der Waals surface area contributed by atoms with E-state index in [9.17, 15) is 27.6 Å². The molecule has 182 valence electrons. The minimum atomic E-state index is -5.04. The summed E-state index contributed by atoms with van der Waals surface area (Å²) in [4.78, 5) is 37.0. The lowest BCUT2D eigenvalue weighted by atomic mass is 10.2. The van der Waals surface area contributed by atoms with Crippen molar-refractivity contribution in [3.05, 3.63) is 32.6 Å². The second kappa shape index (κ2) is 10.6. The van der Waals surface area contributed by atoms with E-state index in [1.54, 1.807) is 5.32 Å². The normalized spacial score (nSPS) is 22.7. The van der Waals surface area contributed by atoms with Gasteiger partial charge in [0, 0.05) is 22.9 Å². The van der Waals surface area contributed by atoms with Gasteiger partial charge in [-0.3, -0.25) is 19.1 Å². The molecule has 1 aromatic rings. The first-order valence-corrected chi connectivity index (χ1v) is 10.8. The Morgan fingerprint density at radius 3 is 2.66 bits per heavy atom. The quantitative estimate of drug-likeness (QED) is 0.413. The monoisotopic (exact) mass is 503 g/mol.